The lowest BCUT2D eigenvalue weighted by atomic mass is 10.2. The van der Waals surface area contributed by atoms with Gasteiger partial charge >= 0.3 is 0 Å². The molecule has 4 nitrogen and oxygen atoms in total. The third-order valence-corrected chi connectivity index (χ3v) is 1.94. The van der Waals surface area contributed by atoms with E-state index in [0.29, 0.717) is 22.8 Å². The molecule has 0 aliphatic heterocycles. The van der Waals surface area contributed by atoms with E-state index in [0.717, 1.165) is 6.29 Å². The van der Waals surface area contributed by atoms with Crippen LogP contribution in [0.5, 0.6) is 0 Å². The summed E-state index contributed by atoms with van der Waals surface area (Å²) in [5.41, 5.74) is 0.503. The summed E-state index contributed by atoms with van der Waals surface area (Å²) in [4.78, 5) is 10.6. The first-order valence-electron chi connectivity index (χ1n) is 3.69. The quantitative estimate of drug-likeness (QED) is 0.742. The highest BCUT2D eigenvalue weighted by atomic mass is 79.9. The smallest absolute Gasteiger partial charge is 0.170 e. The molecule has 0 bridgehead atoms. The van der Waals surface area contributed by atoms with Crippen LogP contribution in [0.25, 0.3) is 0 Å². The molecule has 1 heterocycles. The summed E-state index contributed by atoms with van der Waals surface area (Å²) in [5, 5.41) is 7.55. The Morgan fingerprint density at radius 3 is 2.83 bits per heavy atom. The number of rotatable bonds is 3. The monoisotopic (exact) mass is 231 g/mol. The number of halogens is 1. The third kappa shape index (κ3) is 1.91. The summed E-state index contributed by atoms with van der Waals surface area (Å²) >= 11 is 3.14. The lowest BCUT2D eigenvalue weighted by Crippen LogP contribution is -2.09. The molecule has 0 amide bonds. The number of aromatic nitrogens is 3. The lowest BCUT2D eigenvalue weighted by Gasteiger charge is -2.04. The fraction of sp³-hybridized carbons (Fsp3) is 0.571. The van der Waals surface area contributed by atoms with Crippen LogP contribution >= 0.6 is 15.9 Å². The van der Waals surface area contributed by atoms with Gasteiger partial charge in [-0.3, -0.25) is 4.79 Å². The molecular formula is C7H10BrN3O. The molecule has 0 aliphatic carbocycles. The first-order chi connectivity index (χ1) is 5.65. The molecule has 0 unspecified atom stereocenters. The van der Waals surface area contributed by atoms with Crippen LogP contribution in [-0.2, 0) is 6.54 Å². The van der Waals surface area contributed by atoms with Gasteiger partial charge in [0.25, 0.3) is 0 Å². The van der Waals surface area contributed by atoms with Crippen molar-refractivity contribution in [1.82, 2.24) is 15.0 Å². The number of carbonyl (C=O) groups is 1. The molecule has 66 valence electrons. The lowest BCUT2D eigenvalue weighted by molar-refractivity contribution is 0.111. The Kier molecular flexibility index (Phi) is 2.97. The Morgan fingerprint density at radius 2 is 2.33 bits per heavy atom. The fourth-order valence-corrected chi connectivity index (χ4v) is 1.26. The second kappa shape index (κ2) is 3.80. The molecule has 0 N–H and O–H groups in total. The highest BCUT2D eigenvalue weighted by Gasteiger charge is 2.09. The van der Waals surface area contributed by atoms with Crippen molar-refractivity contribution in [2.45, 2.75) is 20.4 Å². The van der Waals surface area contributed by atoms with Gasteiger partial charge < -0.3 is 0 Å². The van der Waals surface area contributed by atoms with Crippen LogP contribution < -0.4 is 0 Å². The van der Waals surface area contributed by atoms with E-state index < -0.39 is 0 Å². The highest BCUT2D eigenvalue weighted by molar-refractivity contribution is 9.10. The minimum Gasteiger partial charge on any atom is -0.296 e. The molecule has 1 aromatic rings. The number of aldehydes is 1. The van der Waals surface area contributed by atoms with E-state index in [9.17, 15) is 4.79 Å². The summed E-state index contributed by atoms with van der Waals surface area (Å²) in [6.45, 7) is 4.83. The summed E-state index contributed by atoms with van der Waals surface area (Å²) < 4.78 is 2.11. The van der Waals surface area contributed by atoms with E-state index >= 15 is 0 Å². The van der Waals surface area contributed by atoms with Gasteiger partial charge in [-0.2, -0.15) is 0 Å². The van der Waals surface area contributed by atoms with Gasteiger partial charge in [0.1, 0.15) is 5.69 Å². The van der Waals surface area contributed by atoms with Crippen LogP contribution in [0.3, 0.4) is 0 Å². The second-order valence-corrected chi connectivity index (χ2v) is 3.71. The van der Waals surface area contributed by atoms with Crippen molar-refractivity contribution in [2.24, 2.45) is 5.92 Å². The number of carbonyl (C=O) groups excluding carboxylic acids is 1. The van der Waals surface area contributed by atoms with E-state index in [-0.39, 0.29) is 0 Å². The highest BCUT2D eigenvalue weighted by Crippen LogP contribution is 2.11. The van der Waals surface area contributed by atoms with Crippen molar-refractivity contribution in [2.75, 3.05) is 0 Å². The second-order valence-electron chi connectivity index (χ2n) is 2.96. The van der Waals surface area contributed by atoms with Crippen LogP contribution in [0.1, 0.15) is 24.3 Å². The van der Waals surface area contributed by atoms with Crippen LogP contribution in [-0.4, -0.2) is 21.3 Å². The molecule has 12 heavy (non-hydrogen) atoms. The average Bonchev–Trinajstić information content (AvgIpc) is 2.30. The molecule has 0 aromatic carbocycles. The Morgan fingerprint density at radius 1 is 1.67 bits per heavy atom. The fourth-order valence-electron chi connectivity index (χ4n) is 0.889. The first-order valence-corrected chi connectivity index (χ1v) is 4.48. The van der Waals surface area contributed by atoms with Crippen molar-refractivity contribution in [3.63, 3.8) is 0 Å². The van der Waals surface area contributed by atoms with E-state index in [2.05, 4.69) is 40.1 Å². The molecule has 0 saturated carbocycles. The zero-order valence-corrected chi connectivity index (χ0v) is 8.58. The molecule has 1 rings (SSSR count). The van der Waals surface area contributed by atoms with E-state index in [1.165, 1.54) is 0 Å². The molecule has 0 radical (unpaired) electrons. The van der Waals surface area contributed by atoms with Crippen LogP contribution in [0.15, 0.2) is 4.60 Å². The average molecular weight is 232 g/mol. The van der Waals surface area contributed by atoms with Crippen molar-refractivity contribution < 1.29 is 4.79 Å². The Hall–Kier alpha value is -0.710. The minimum atomic E-state index is 0.456. The maximum atomic E-state index is 10.6. The summed E-state index contributed by atoms with van der Waals surface area (Å²) in [7, 11) is 0. The van der Waals surface area contributed by atoms with Gasteiger partial charge in [-0.05, 0) is 21.8 Å². The Balaban J connectivity index is 2.91. The topological polar surface area (TPSA) is 47.8 Å². The first kappa shape index (κ1) is 9.38. The zero-order chi connectivity index (χ0) is 9.14. The summed E-state index contributed by atoms with van der Waals surface area (Å²) in [5.74, 6) is 0.456. The summed E-state index contributed by atoms with van der Waals surface area (Å²) in [6.07, 6.45) is 0.756. The molecule has 0 spiro atoms. The molecular weight excluding hydrogens is 222 g/mol. The molecule has 0 aliphatic rings. The van der Waals surface area contributed by atoms with Gasteiger partial charge in [0.05, 0.1) is 0 Å². The van der Waals surface area contributed by atoms with E-state index in [1.807, 2.05) is 0 Å². The molecule has 5 heteroatoms. The van der Waals surface area contributed by atoms with Crippen molar-refractivity contribution in [3.8, 4) is 0 Å². The number of nitrogens with zero attached hydrogens (tertiary/aromatic N) is 3. The predicted molar refractivity (Wildman–Crippen MR) is 47.9 cm³/mol. The standard InChI is InChI=1S/C7H10BrN3O/c1-5(2)3-11-6(4-12)7(8)9-10-11/h4-5H,3H2,1-2H3. The van der Waals surface area contributed by atoms with Crippen LogP contribution in [0.2, 0.25) is 0 Å². The van der Waals surface area contributed by atoms with Gasteiger partial charge in [0.15, 0.2) is 10.9 Å². The zero-order valence-electron chi connectivity index (χ0n) is 6.99. The Labute approximate surface area is 79.1 Å². The molecule has 0 saturated heterocycles. The molecule has 0 fully saturated rings. The number of hydrogen-bond acceptors (Lipinski definition) is 3. The van der Waals surface area contributed by atoms with Crippen LogP contribution in [0.4, 0.5) is 0 Å². The van der Waals surface area contributed by atoms with Gasteiger partial charge in [0, 0.05) is 6.54 Å². The normalized spacial score (nSPS) is 10.7. The Bertz CT molecular complexity index is 282. The third-order valence-electron chi connectivity index (χ3n) is 1.38. The van der Waals surface area contributed by atoms with Gasteiger partial charge in [-0.1, -0.05) is 19.1 Å². The van der Waals surface area contributed by atoms with E-state index in [4.69, 9.17) is 0 Å². The maximum absolute atomic E-state index is 10.6. The van der Waals surface area contributed by atoms with Gasteiger partial charge in [-0.15, -0.1) is 5.10 Å². The number of hydrogen-bond donors (Lipinski definition) is 0. The van der Waals surface area contributed by atoms with Gasteiger partial charge in [-0.25, -0.2) is 4.68 Å². The SMILES string of the molecule is CC(C)Cn1nnc(Br)c1C=O. The van der Waals surface area contributed by atoms with Crippen molar-refractivity contribution >= 4 is 22.2 Å². The van der Waals surface area contributed by atoms with Crippen molar-refractivity contribution in [3.05, 3.63) is 10.3 Å². The van der Waals surface area contributed by atoms with Crippen molar-refractivity contribution in [1.29, 1.82) is 0 Å². The van der Waals surface area contributed by atoms with Gasteiger partial charge in [0.2, 0.25) is 0 Å². The molecule has 1 aromatic heterocycles. The largest absolute Gasteiger partial charge is 0.296 e. The maximum Gasteiger partial charge on any atom is 0.170 e. The van der Waals surface area contributed by atoms with E-state index in [1.54, 1.807) is 4.68 Å². The molecule has 0 atom stereocenters. The summed E-state index contributed by atoms with van der Waals surface area (Å²) in [6, 6.07) is 0. The minimum absolute atomic E-state index is 0.456. The van der Waals surface area contributed by atoms with Crippen LogP contribution in [0, 0.1) is 5.92 Å². The predicted octanol–water partition coefficient (Wildman–Crippen LogP) is 1.51.